The molecule has 0 radical (unpaired) electrons. The van der Waals surface area contributed by atoms with Crippen molar-refractivity contribution in [3.63, 3.8) is 0 Å². The third-order valence-corrected chi connectivity index (χ3v) is 4.65. The van der Waals surface area contributed by atoms with Crippen molar-refractivity contribution in [1.82, 2.24) is 0 Å². The topological polar surface area (TPSA) is 72.2 Å². The molecule has 4 nitrogen and oxygen atoms in total. The van der Waals surface area contributed by atoms with Gasteiger partial charge in [-0.25, -0.2) is 12.8 Å². The second-order valence-electron chi connectivity index (χ2n) is 3.95. The molecule has 0 aliphatic rings. The minimum absolute atomic E-state index is 0.0236. The number of hydrogen-bond acceptors (Lipinski definition) is 3. The van der Waals surface area contributed by atoms with Crippen molar-refractivity contribution < 1.29 is 12.8 Å². The standard InChI is InChI=1S/C12H9BrClFN2O2S/c13-11-2-1-7(14)3-12(11)17-20(18,19)10-5-8(15)4-9(16)6-10/h1-6,17H,16H2. The van der Waals surface area contributed by atoms with Crippen LogP contribution in [-0.2, 0) is 10.0 Å². The monoisotopic (exact) mass is 378 g/mol. The van der Waals surface area contributed by atoms with Crippen molar-refractivity contribution in [3.8, 4) is 0 Å². The highest BCUT2D eigenvalue weighted by Gasteiger charge is 2.17. The van der Waals surface area contributed by atoms with E-state index in [9.17, 15) is 12.8 Å². The molecule has 0 amide bonds. The van der Waals surface area contributed by atoms with Gasteiger partial charge in [0.15, 0.2) is 0 Å². The molecule has 2 aromatic carbocycles. The Morgan fingerprint density at radius 3 is 2.55 bits per heavy atom. The summed E-state index contributed by atoms with van der Waals surface area (Å²) >= 11 is 9.01. The van der Waals surface area contributed by atoms with Gasteiger partial charge in [-0.3, -0.25) is 4.72 Å². The van der Waals surface area contributed by atoms with Gasteiger partial charge in [0.05, 0.1) is 10.6 Å². The molecule has 8 heteroatoms. The van der Waals surface area contributed by atoms with Gasteiger partial charge in [0, 0.05) is 15.2 Å². The molecule has 2 aromatic rings. The number of anilines is 2. The Kier molecular flexibility index (Phi) is 4.22. The molecule has 0 fully saturated rings. The van der Waals surface area contributed by atoms with E-state index in [4.69, 9.17) is 17.3 Å². The minimum Gasteiger partial charge on any atom is -0.399 e. The Bertz CT molecular complexity index is 748. The van der Waals surface area contributed by atoms with Crippen molar-refractivity contribution in [2.24, 2.45) is 0 Å². The zero-order valence-corrected chi connectivity index (χ0v) is 13.1. The van der Waals surface area contributed by atoms with Crippen LogP contribution in [0.1, 0.15) is 0 Å². The zero-order chi connectivity index (χ0) is 14.9. The van der Waals surface area contributed by atoms with Gasteiger partial charge in [-0.15, -0.1) is 0 Å². The van der Waals surface area contributed by atoms with E-state index < -0.39 is 15.8 Å². The largest absolute Gasteiger partial charge is 0.399 e. The fraction of sp³-hybridized carbons (Fsp3) is 0. The lowest BCUT2D eigenvalue weighted by atomic mass is 10.3. The van der Waals surface area contributed by atoms with Crippen LogP contribution >= 0.6 is 27.5 Å². The molecule has 0 aliphatic carbocycles. The van der Waals surface area contributed by atoms with Crippen LogP contribution in [0.15, 0.2) is 45.8 Å². The van der Waals surface area contributed by atoms with Crippen LogP contribution < -0.4 is 10.5 Å². The van der Waals surface area contributed by atoms with Crippen molar-refractivity contribution in [2.75, 3.05) is 10.5 Å². The van der Waals surface area contributed by atoms with Crippen LogP contribution in [0.2, 0.25) is 5.02 Å². The van der Waals surface area contributed by atoms with Crippen molar-refractivity contribution in [1.29, 1.82) is 0 Å². The zero-order valence-electron chi connectivity index (χ0n) is 9.90. The van der Waals surface area contributed by atoms with Gasteiger partial charge in [-0.2, -0.15) is 0 Å². The van der Waals surface area contributed by atoms with E-state index in [1.165, 1.54) is 12.1 Å². The SMILES string of the molecule is Nc1cc(F)cc(S(=O)(=O)Nc2cc(Cl)ccc2Br)c1. The van der Waals surface area contributed by atoms with Gasteiger partial charge >= 0.3 is 0 Å². The first-order chi connectivity index (χ1) is 9.28. The second-order valence-corrected chi connectivity index (χ2v) is 6.92. The van der Waals surface area contributed by atoms with Gasteiger partial charge in [-0.05, 0) is 52.3 Å². The Morgan fingerprint density at radius 2 is 1.90 bits per heavy atom. The number of rotatable bonds is 3. The number of halogens is 3. The molecule has 0 saturated carbocycles. The number of nitrogens with two attached hydrogens (primary N) is 1. The van der Waals surface area contributed by atoms with E-state index in [1.807, 2.05) is 0 Å². The molecule has 0 aromatic heterocycles. The fourth-order valence-electron chi connectivity index (χ4n) is 1.52. The van der Waals surface area contributed by atoms with E-state index in [2.05, 4.69) is 20.7 Å². The molecule has 3 N–H and O–H groups in total. The van der Waals surface area contributed by atoms with Crippen LogP contribution in [-0.4, -0.2) is 8.42 Å². The molecule has 2 rings (SSSR count). The molecule has 0 atom stereocenters. The molecule has 0 saturated heterocycles. The Labute approximate surface area is 128 Å². The summed E-state index contributed by atoms with van der Waals surface area (Å²) in [6.45, 7) is 0. The van der Waals surface area contributed by atoms with E-state index in [1.54, 1.807) is 12.1 Å². The fourth-order valence-corrected chi connectivity index (χ4v) is 3.30. The predicted octanol–water partition coefficient (Wildman–Crippen LogP) is 3.62. The number of nitrogen functional groups attached to an aromatic ring is 1. The highest BCUT2D eigenvalue weighted by Crippen LogP contribution is 2.28. The smallest absolute Gasteiger partial charge is 0.262 e. The van der Waals surface area contributed by atoms with Crippen molar-refractivity contribution >= 4 is 48.9 Å². The highest BCUT2D eigenvalue weighted by atomic mass is 79.9. The maximum atomic E-state index is 13.2. The molecular formula is C12H9BrClFN2O2S. The predicted molar refractivity (Wildman–Crippen MR) is 80.8 cm³/mol. The first kappa shape index (κ1) is 15.1. The maximum absolute atomic E-state index is 13.2. The number of nitrogens with one attached hydrogen (secondary N) is 1. The third kappa shape index (κ3) is 3.41. The van der Waals surface area contributed by atoms with Gasteiger partial charge in [0.25, 0.3) is 10.0 Å². The molecule has 0 heterocycles. The summed E-state index contributed by atoms with van der Waals surface area (Å²) in [7, 11) is -3.96. The van der Waals surface area contributed by atoms with Crippen molar-refractivity contribution in [2.45, 2.75) is 4.90 Å². The average Bonchev–Trinajstić information content (AvgIpc) is 2.32. The Morgan fingerprint density at radius 1 is 1.20 bits per heavy atom. The highest BCUT2D eigenvalue weighted by molar-refractivity contribution is 9.10. The first-order valence-electron chi connectivity index (χ1n) is 5.32. The number of benzene rings is 2. The van der Waals surface area contributed by atoms with E-state index >= 15 is 0 Å². The molecule has 20 heavy (non-hydrogen) atoms. The van der Waals surface area contributed by atoms with E-state index in [0.29, 0.717) is 9.50 Å². The minimum atomic E-state index is -3.96. The molecule has 0 spiro atoms. The summed E-state index contributed by atoms with van der Waals surface area (Å²) < 4.78 is 40.4. The summed E-state index contributed by atoms with van der Waals surface area (Å²) in [5.74, 6) is -0.726. The van der Waals surface area contributed by atoms with Crippen LogP contribution in [0.3, 0.4) is 0 Å². The van der Waals surface area contributed by atoms with E-state index in [-0.39, 0.29) is 16.3 Å². The molecule has 0 unspecified atom stereocenters. The molecular weight excluding hydrogens is 371 g/mol. The summed E-state index contributed by atoms with van der Waals surface area (Å²) in [6.07, 6.45) is 0. The lowest BCUT2D eigenvalue weighted by Gasteiger charge is -2.10. The summed E-state index contributed by atoms with van der Waals surface area (Å²) in [5, 5.41) is 0.365. The van der Waals surface area contributed by atoms with Crippen LogP contribution in [0, 0.1) is 5.82 Å². The molecule has 0 aliphatic heterocycles. The molecule has 106 valence electrons. The maximum Gasteiger partial charge on any atom is 0.262 e. The van der Waals surface area contributed by atoms with E-state index in [0.717, 1.165) is 12.1 Å². The molecule has 0 bridgehead atoms. The van der Waals surface area contributed by atoms with Crippen LogP contribution in [0.5, 0.6) is 0 Å². The lowest BCUT2D eigenvalue weighted by molar-refractivity contribution is 0.595. The number of hydrogen-bond donors (Lipinski definition) is 2. The van der Waals surface area contributed by atoms with Crippen molar-refractivity contribution in [3.05, 3.63) is 51.7 Å². The lowest BCUT2D eigenvalue weighted by Crippen LogP contribution is -2.14. The van der Waals surface area contributed by atoms with Gasteiger partial charge < -0.3 is 5.73 Å². The number of sulfonamides is 1. The quantitative estimate of drug-likeness (QED) is 0.800. The third-order valence-electron chi connectivity index (χ3n) is 2.38. The van der Waals surface area contributed by atoms with Crippen LogP contribution in [0.25, 0.3) is 0 Å². The van der Waals surface area contributed by atoms with Gasteiger partial charge in [0.1, 0.15) is 5.82 Å². The average molecular weight is 380 g/mol. The summed E-state index contributed by atoms with van der Waals surface area (Å²) in [4.78, 5) is -0.262. The normalized spacial score (nSPS) is 11.3. The first-order valence-corrected chi connectivity index (χ1v) is 7.97. The summed E-state index contributed by atoms with van der Waals surface area (Å²) in [6, 6.07) is 7.73. The summed E-state index contributed by atoms with van der Waals surface area (Å²) in [5.41, 5.74) is 5.71. The second kappa shape index (κ2) is 5.59. The Balaban J connectivity index is 2.43. The van der Waals surface area contributed by atoms with Gasteiger partial charge in [0.2, 0.25) is 0 Å². The van der Waals surface area contributed by atoms with Crippen LogP contribution in [0.4, 0.5) is 15.8 Å². The Hall–Kier alpha value is -1.31. The van der Waals surface area contributed by atoms with Gasteiger partial charge in [-0.1, -0.05) is 11.6 Å².